The number of anilines is 2. The molecule has 0 saturated heterocycles. The quantitative estimate of drug-likeness (QED) is 0.708. The first-order valence-corrected chi connectivity index (χ1v) is 7.09. The van der Waals surface area contributed by atoms with Crippen LogP contribution in [0, 0.1) is 5.82 Å². The third kappa shape index (κ3) is 3.68. The monoisotopic (exact) mass is 313 g/mol. The normalized spacial score (nSPS) is 12.6. The lowest BCUT2D eigenvalue weighted by Gasteiger charge is -2.17. The number of aromatic nitrogens is 3. The molecule has 0 unspecified atom stereocenters. The number of hydrogen-bond donors (Lipinski definition) is 3. The molecule has 0 aliphatic heterocycles. The van der Waals surface area contributed by atoms with Gasteiger partial charge < -0.3 is 16.2 Å². The van der Waals surface area contributed by atoms with Crippen LogP contribution in [0.25, 0.3) is 11.0 Å². The van der Waals surface area contributed by atoms with Crippen LogP contribution in [0.3, 0.4) is 0 Å². The van der Waals surface area contributed by atoms with E-state index < -0.39 is 5.82 Å². The summed E-state index contributed by atoms with van der Waals surface area (Å²) < 4.78 is 13.5. The van der Waals surface area contributed by atoms with E-state index in [1.807, 2.05) is 0 Å². The highest BCUT2D eigenvalue weighted by Gasteiger charge is 2.15. The van der Waals surface area contributed by atoms with Gasteiger partial charge in [0.25, 0.3) is 0 Å². The average molecular weight is 314 g/mol. The van der Waals surface area contributed by atoms with Crippen LogP contribution in [0.4, 0.5) is 16.2 Å². The van der Waals surface area contributed by atoms with Gasteiger partial charge in [0.2, 0.25) is 5.95 Å². The molecule has 2 aromatic rings. The number of aliphatic hydroxyl groups is 1. The molecule has 6 nitrogen and oxygen atoms in total. The second-order valence-electron chi connectivity index (χ2n) is 4.73. The maximum Gasteiger partial charge on any atom is 0.222 e. The Morgan fingerprint density at radius 2 is 2.19 bits per heavy atom. The van der Waals surface area contributed by atoms with Gasteiger partial charge in [-0.2, -0.15) is 4.98 Å². The molecular weight excluding hydrogens is 297 g/mol. The van der Waals surface area contributed by atoms with Gasteiger partial charge >= 0.3 is 0 Å². The number of nitrogens with two attached hydrogens (primary N) is 1. The zero-order valence-corrected chi connectivity index (χ0v) is 12.4. The first kappa shape index (κ1) is 15.7. The molecule has 0 saturated carbocycles. The summed E-state index contributed by atoms with van der Waals surface area (Å²) in [5.74, 6) is -0.326. The Morgan fingerprint density at radius 1 is 1.43 bits per heavy atom. The van der Waals surface area contributed by atoms with E-state index in [-0.39, 0.29) is 29.3 Å². The summed E-state index contributed by atoms with van der Waals surface area (Å²) >= 11 is 5.70. The number of unbranched alkanes of at least 4 members (excludes halogenated alkanes) is 1. The number of hydrogen-bond acceptors (Lipinski definition) is 6. The molecule has 8 heteroatoms. The Balaban J connectivity index is 2.40. The Bertz CT molecular complexity index is 639. The van der Waals surface area contributed by atoms with Gasteiger partial charge in [-0.15, -0.1) is 0 Å². The number of aliphatic hydroxyl groups excluding tert-OH is 1. The van der Waals surface area contributed by atoms with Gasteiger partial charge in [-0.05, 0) is 6.42 Å². The number of halogens is 2. The molecule has 2 rings (SSSR count). The van der Waals surface area contributed by atoms with Crippen molar-refractivity contribution in [2.24, 2.45) is 0 Å². The minimum absolute atomic E-state index is 0.000652. The summed E-state index contributed by atoms with van der Waals surface area (Å²) in [5, 5.41) is 12.2. The van der Waals surface area contributed by atoms with Crippen LogP contribution in [0.1, 0.15) is 26.2 Å². The van der Waals surface area contributed by atoms with E-state index in [2.05, 4.69) is 27.2 Å². The van der Waals surface area contributed by atoms with Gasteiger partial charge in [-0.1, -0.05) is 31.4 Å². The first-order valence-electron chi connectivity index (χ1n) is 6.71. The largest absolute Gasteiger partial charge is 0.394 e. The van der Waals surface area contributed by atoms with Crippen molar-refractivity contribution in [2.45, 2.75) is 32.2 Å². The fourth-order valence-corrected chi connectivity index (χ4v) is 2.12. The average Bonchev–Trinajstić information content (AvgIpc) is 2.45. The summed E-state index contributed by atoms with van der Waals surface area (Å²) in [4.78, 5) is 12.0. The van der Waals surface area contributed by atoms with E-state index in [0.29, 0.717) is 11.3 Å². The van der Waals surface area contributed by atoms with E-state index in [1.54, 1.807) is 0 Å². The van der Waals surface area contributed by atoms with Crippen molar-refractivity contribution in [1.29, 1.82) is 0 Å². The highest BCUT2D eigenvalue weighted by Crippen LogP contribution is 2.24. The van der Waals surface area contributed by atoms with Crippen molar-refractivity contribution in [3.8, 4) is 0 Å². The van der Waals surface area contributed by atoms with Crippen molar-refractivity contribution in [3.63, 3.8) is 0 Å². The number of nitrogen functional groups attached to an aromatic ring is 1. The summed E-state index contributed by atoms with van der Waals surface area (Å²) in [6, 6.07) is 0.974. The van der Waals surface area contributed by atoms with Crippen LogP contribution in [0.15, 0.2) is 6.07 Å². The van der Waals surface area contributed by atoms with Crippen LogP contribution in [-0.4, -0.2) is 32.7 Å². The first-order chi connectivity index (χ1) is 10.0. The third-order valence-electron chi connectivity index (χ3n) is 3.07. The lowest BCUT2D eigenvalue weighted by atomic mass is 10.1. The van der Waals surface area contributed by atoms with Gasteiger partial charge in [0.05, 0.1) is 18.2 Å². The second-order valence-corrected chi connectivity index (χ2v) is 5.08. The number of nitrogens with zero attached hydrogens (tertiary/aromatic N) is 3. The Morgan fingerprint density at radius 3 is 2.86 bits per heavy atom. The lowest BCUT2D eigenvalue weighted by molar-refractivity contribution is 0.267. The van der Waals surface area contributed by atoms with E-state index in [9.17, 15) is 9.50 Å². The second kappa shape index (κ2) is 6.82. The summed E-state index contributed by atoms with van der Waals surface area (Å²) in [5.41, 5.74) is 6.21. The van der Waals surface area contributed by atoms with Crippen molar-refractivity contribution in [2.75, 3.05) is 17.7 Å². The van der Waals surface area contributed by atoms with Crippen LogP contribution >= 0.6 is 11.6 Å². The van der Waals surface area contributed by atoms with Crippen LogP contribution in [0.2, 0.25) is 5.15 Å². The van der Waals surface area contributed by atoms with Crippen molar-refractivity contribution in [3.05, 3.63) is 17.0 Å². The van der Waals surface area contributed by atoms with Gasteiger partial charge in [0.1, 0.15) is 5.52 Å². The fraction of sp³-hybridized carbons (Fsp3) is 0.462. The molecule has 0 amide bonds. The minimum Gasteiger partial charge on any atom is -0.394 e. The van der Waals surface area contributed by atoms with Crippen LogP contribution in [0.5, 0.6) is 0 Å². The molecular formula is C13H17ClFN5O. The molecule has 1 atom stereocenters. The topological polar surface area (TPSA) is 97.0 Å². The Kier molecular flexibility index (Phi) is 5.08. The molecule has 4 N–H and O–H groups in total. The van der Waals surface area contributed by atoms with Crippen molar-refractivity contribution in [1.82, 2.24) is 15.0 Å². The molecule has 0 spiro atoms. The van der Waals surface area contributed by atoms with Gasteiger partial charge in [-0.3, -0.25) is 0 Å². The molecule has 21 heavy (non-hydrogen) atoms. The van der Waals surface area contributed by atoms with E-state index in [1.165, 1.54) is 0 Å². The number of fused-ring (bicyclic) bond motifs is 1. The van der Waals surface area contributed by atoms with Crippen molar-refractivity contribution >= 4 is 34.4 Å². The summed E-state index contributed by atoms with van der Waals surface area (Å²) in [7, 11) is 0. The van der Waals surface area contributed by atoms with Gasteiger partial charge in [0.15, 0.2) is 16.8 Å². The van der Waals surface area contributed by atoms with Crippen molar-refractivity contribution < 1.29 is 9.50 Å². The Hall–Kier alpha value is -1.73. The molecule has 2 heterocycles. The Labute approximate surface area is 126 Å². The van der Waals surface area contributed by atoms with Crippen LogP contribution < -0.4 is 11.1 Å². The molecule has 0 fully saturated rings. The lowest BCUT2D eigenvalue weighted by Crippen LogP contribution is -2.25. The zero-order chi connectivity index (χ0) is 15.4. The number of nitrogens with one attached hydrogen (secondary N) is 1. The molecule has 0 aliphatic carbocycles. The third-order valence-corrected chi connectivity index (χ3v) is 3.33. The molecule has 0 radical (unpaired) electrons. The highest BCUT2D eigenvalue weighted by molar-refractivity contribution is 6.30. The zero-order valence-electron chi connectivity index (χ0n) is 11.6. The molecule has 2 aromatic heterocycles. The minimum atomic E-state index is -0.669. The highest BCUT2D eigenvalue weighted by atomic mass is 35.5. The standard InChI is InChI=1S/C13H17ClFN5O/c1-2-3-4-7(6-21)17-12-10-9(18-13(16)20-12)5-8(15)11(14)19-10/h5,7,21H,2-4,6H2,1H3,(H3,16,17,18,20)/t7-/m0/s1. The summed E-state index contributed by atoms with van der Waals surface area (Å²) in [6.07, 6.45) is 2.74. The molecule has 114 valence electrons. The van der Waals surface area contributed by atoms with Crippen LogP contribution in [-0.2, 0) is 0 Å². The maximum absolute atomic E-state index is 13.5. The molecule has 0 bridgehead atoms. The molecule has 0 aromatic carbocycles. The SMILES string of the molecule is CCCC[C@@H](CO)Nc1nc(N)nc2cc(F)c(Cl)nc12. The number of rotatable bonds is 6. The number of pyridine rings is 1. The predicted molar refractivity (Wildman–Crippen MR) is 80.7 cm³/mol. The summed E-state index contributed by atoms with van der Waals surface area (Å²) in [6.45, 7) is 2.01. The fourth-order valence-electron chi connectivity index (χ4n) is 1.99. The van der Waals surface area contributed by atoms with Gasteiger partial charge in [0, 0.05) is 6.07 Å². The van der Waals surface area contributed by atoms with E-state index in [4.69, 9.17) is 17.3 Å². The van der Waals surface area contributed by atoms with Gasteiger partial charge in [-0.25, -0.2) is 14.4 Å². The van der Waals surface area contributed by atoms with E-state index >= 15 is 0 Å². The smallest absolute Gasteiger partial charge is 0.222 e. The van der Waals surface area contributed by atoms with E-state index in [0.717, 1.165) is 25.3 Å². The predicted octanol–water partition coefficient (Wildman–Crippen LogP) is 2.36. The maximum atomic E-state index is 13.5. The molecule has 0 aliphatic rings.